The summed E-state index contributed by atoms with van der Waals surface area (Å²) in [4.78, 5) is 0.416. The van der Waals surface area contributed by atoms with Crippen LogP contribution in [0, 0.1) is 6.92 Å². The van der Waals surface area contributed by atoms with Gasteiger partial charge in [0, 0.05) is 24.1 Å². The fraction of sp³-hybridized carbons (Fsp3) is 0.600. The number of benzene rings is 1. The Balaban J connectivity index is 2.33. The molecule has 1 aromatic rings. The largest absolute Gasteiger partial charge is 0.313 e. The molecule has 6 heteroatoms. The first-order valence-corrected chi connectivity index (χ1v) is 9.59. The van der Waals surface area contributed by atoms with Crippen LogP contribution in [-0.4, -0.2) is 32.4 Å². The average Bonchev–Trinajstić information content (AvgIpc) is 3.26. The van der Waals surface area contributed by atoms with Crippen molar-refractivity contribution in [1.29, 1.82) is 0 Å². The van der Waals surface area contributed by atoms with E-state index in [-0.39, 0.29) is 6.04 Å². The van der Waals surface area contributed by atoms with E-state index in [9.17, 15) is 8.42 Å². The third kappa shape index (κ3) is 3.86. The predicted molar refractivity (Wildman–Crippen MR) is 88.8 cm³/mol. The summed E-state index contributed by atoms with van der Waals surface area (Å²) in [7, 11) is -1.72. The van der Waals surface area contributed by atoms with E-state index in [1.165, 1.54) is 4.31 Å². The number of sulfonamides is 1. The van der Waals surface area contributed by atoms with Gasteiger partial charge in [0.05, 0.1) is 4.90 Å². The van der Waals surface area contributed by atoms with Gasteiger partial charge in [0.2, 0.25) is 10.0 Å². The van der Waals surface area contributed by atoms with Crippen LogP contribution >= 0.6 is 15.9 Å². The number of hydrogen-bond acceptors (Lipinski definition) is 3. The first-order valence-electron chi connectivity index (χ1n) is 7.35. The molecule has 0 amide bonds. The van der Waals surface area contributed by atoms with E-state index in [2.05, 4.69) is 28.2 Å². The minimum absolute atomic E-state index is 0.176. The van der Waals surface area contributed by atoms with Gasteiger partial charge in [0.25, 0.3) is 0 Å². The minimum atomic E-state index is -3.41. The van der Waals surface area contributed by atoms with Gasteiger partial charge in [-0.05, 0) is 56.0 Å². The maximum absolute atomic E-state index is 12.8. The normalized spacial score (nSPS) is 15.7. The molecular formula is C15H23BrN2O2S. The van der Waals surface area contributed by atoms with Crippen molar-refractivity contribution in [3.8, 4) is 0 Å². The van der Waals surface area contributed by atoms with Crippen molar-refractivity contribution >= 4 is 26.0 Å². The third-order valence-corrected chi connectivity index (χ3v) is 6.69. The van der Waals surface area contributed by atoms with E-state index in [1.54, 1.807) is 13.1 Å². The molecule has 0 radical (unpaired) electrons. The van der Waals surface area contributed by atoms with Crippen molar-refractivity contribution in [3.05, 3.63) is 27.7 Å². The molecule has 1 aliphatic rings. The quantitative estimate of drug-likeness (QED) is 0.746. The first-order chi connectivity index (χ1) is 9.87. The van der Waals surface area contributed by atoms with Gasteiger partial charge in [-0.2, -0.15) is 4.31 Å². The smallest absolute Gasteiger partial charge is 0.243 e. The first kappa shape index (κ1) is 16.9. The van der Waals surface area contributed by atoms with Crippen molar-refractivity contribution in [1.82, 2.24) is 9.62 Å². The zero-order valence-corrected chi connectivity index (χ0v) is 15.2. The molecule has 1 N–H and O–H groups in total. The Morgan fingerprint density at radius 2 is 2.05 bits per heavy atom. The molecular weight excluding hydrogens is 352 g/mol. The minimum Gasteiger partial charge on any atom is -0.313 e. The second kappa shape index (κ2) is 6.77. The van der Waals surface area contributed by atoms with E-state index in [0.29, 0.717) is 11.4 Å². The van der Waals surface area contributed by atoms with Crippen molar-refractivity contribution < 1.29 is 8.42 Å². The highest BCUT2D eigenvalue weighted by Gasteiger charge is 2.36. The molecule has 2 rings (SSSR count). The second-order valence-electron chi connectivity index (χ2n) is 5.63. The number of halogens is 1. The molecule has 21 heavy (non-hydrogen) atoms. The Morgan fingerprint density at radius 1 is 1.38 bits per heavy atom. The molecule has 118 valence electrons. The Bertz CT molecular complexity index is 612. The van der Waals surface area contributed by atoms with Crippen LogP contribution < -0.4 is 5.32 Å². The van der Waals surface area contributed by atoms with Crippen LogP contribution in [0.4, 0.5) is 0 Å². The van der Waals surface area contributed by atoms with Crippen molar-refractivity contribution in [2.24, 2.45) is 0 Å². The summed E-state index contributed by atoms with van der Waals surface area (Å²) >= 11 is 3.49. The van der Waals surface area contributed by atoms with Crippen LogP contribution in [0.15, 0.2) is 21.5 Å². The zero-order valence-electron chi connectivity index (χ0n) is 12.8. The fourth-order valence-electron chi connectivity index (χ4n) is 2.28. The summed E-state index contributed by atoms with van der Waals surface area (Å²) in [6, 6.07) is 3.97. The van der Waals surface area contributed by atoms with Gasteiger partial charge < -0.3 is 5.32 Å². The summed E-state index contributed by atoms with van der Waals surface area (Å²) in [6.07, 6.45) is 2.99. The molecule has 1 saturated carbocycles. The maximum Gasteiger partial charge on any atom is 0.243 e. The van der Waals surface area contributed by atoms with Crippen molar-refractivity contribution in [2.75, 3.05) is 13.6 Å². The van der Waals surface area contributed by atoms with E-state index in [0.717, 1.165) is 41.4 Å². The SMILES string of the molecule is CCCNCc1cc(Br)c(C)c(S(=O)(=O)N(C)C2CC2)c1. The van der Waals surface area contributed by atoms with E-state index in [1.807, 2.05) is 13.0 Å². The Morgan fingerprint density at radius 3 is 2.62 bits per heavy atom. The van der Waals surface area contributed by atoms with Crippen LogP contribution in [0.3, 0.4) is 0 Å². The van der Waals surface area contributed by atoms with Crippen molar-refractivity contribution in [3.63, 3.8) is 0 Å². The summed E-state index contributed by atoms with van der Waals surface area (Å²) in [5, 5.41) is 3.31. The van der Waals surface area contributed by atoms with Gasteiger partial charge in [-0.15, -0.1) is 0 Å². The van der Waals surface area contributed by atoms with Crippen molar-refractivity contribution in [2.45, 2.75) is 50.6 Å². The highest BCUT2D eigenvalue weighted by atomic mass is 79.9. The molecule has 0 unspecified atom stereocenters. The standard InChI is InChI=1S/C15H23BrN2O2S/c1-4-7-17-10-12-8-14(16)11(2)15(9-12)21(19,20)18(3)13-5-6-13/h8-9,13,17H,4-7,10H2,1-3H3. The fourth-order valence-corrected chi connectivity index (χ4v) is 4.63. The highest BCUT2D eigenvalue weighted by Crippen LogP contribution is 2.33. The summed E-state index contributed by atoms with van der Waals surface area (Å²) in [5.74, 6) is 0. The highest BCUT2D eigenvalue weighted by molar-refractivity contribution is 9.10. The van der Waals surface area contributed by atoms with Gasteiger partial charge in [-0.25, -0.2) is 8.42 Å². The lowest BCUT2D eigenvalue weighted by Crippen LogP contribution is -2.29. The molecule has 0 bridgehead atoms. The van der Waals surface area contributed by atoms with Gasteiger partial charge in [-0.1, -0.05) is 22.9 Å². The molecule has 1 aromatic carbocycles. The molecule has 0 heterocycles. The molecule has 1 fully saturated rings. The number of rotatable bonds is 7. The van der Waals surface area contributed by atoms with Crippen LogP contribution in [0.1, 0.15) is 37.3 Å². The lowest BCUT2D eigenvalue weighted by Gasteiger charge is -2.19. The van der Waals surface area contributed by atoms with Crippen LogP contribution in [0.2, 0.25) is 0 Å². The van der Waals surface area contributed by atoms with E-state index >= 15 is 0 Å². The second-order valence-corrected chi connectivity index (χ2v) is 8.45. The zero-order chi connectivity index (χ0) is 15.6. The topological polar surface area (TPSA) is 49.4 Å². The monoisotopic (exact) mass is 374 g/mol. The number of nitrogens with one attached hydrogen (secondary N) is 1. The summed E-state index contributed by atoms with van der Waals surface area (Å²) in [5.41, 5.74) is 1.77. The molecule has 0 spiro atoms. The average molecular weight is 375 g/mol. The molecule has 4 nitrogen and oxygen atoms in total. The Kier molecular flexibility index (Phi) is 5.46. The molecule has 0 saturated heterocycles. The molecule has 1 aliphatic carbocycles. The number of nitrogens with zero attached hydrogens (tertiary/aromatic N) is 1. The Hall–Kier alpha value is -0.430. The van der Waals surface area contributed by atoms with Crippen LogP contribution in [0.5, 0.6) is 0 Å². The van der Waals surface area contributed by atoms with Gasteiger partial charge in [0.1, 0.15) is 0 Å². The molecule has 0 atom stereocenters. The van der Waals surface area contributed by atoms with Gasteiger partial charge in [0.15, 0.2) is 0 Å². The molecule has 0 aromatic heterocycles. The third-order valence-electron chi connectivity index (χ3n) is 3.83. The predicted octanol–water partition coefficient (Wildman–Crippen LogP) is 3.04. The van der Waals surface area contributed by atoms with Crippen LogP contribution in [-0.2, 0) is 16.6 Å². The lowest BCUT2D eigenvalue weighted by molar-refractivity contribution is 0.463. The molecule has 0 aliphatic heterocycles. The lowest BCUT2D eigenvalue weighted by atomic mass is 10.1. The summed E-state index contributed by atoms with van der Waals surface area (Å²) in [6.45, 7) is 5.57. The summed E-state index contributed by atoms with van der Waals surface area (Å²) < 4.78 is 27.9. The van der Waals surface area contributed by atoms with Crippen LogP contribution in [0.25, 0.3) is 0 Å². The maximum atomic E-state index is 12.8. The number of hydrogen-bond donors (Lipinski definition) is 1. The van der Waals surface area contributed by atoms with E-state index in [4.69, 9.17) is 0 Å². The Labute approximate surface area is 136 Å². The van der Waals surface area contributed by atoms with Gasteiger partial charge >= 0.3 is 0 Å². The van der Waals surface area contributed by atoms with E-state index < -0.39 is 10.0 Å². The van der Waals surface area contributed by atoms with Gasteiger partial charge in [-0.3, -0.25) is 0 Å².